The fourth-order valence-electron chi connectivity index (χ4n) is 1.59. The molecule has 1 N–H and O–H groups in total. The summed E-state index contributed by atoms with van der Waals surface area (Å²) in [5.74, 6) is 0.872. The van der Waals surface area contributed by atoms with E-state index in [1.54, 1.807) is 11.3 Å². The van der Waals surface area contributed by atoms with Gasteiger partial charge >= 0.3 is 0 Å². The smallest absolute Gasteiger partial charge is 0.140 e. The van der Waals surface area contributed by atoms with Crippen LogP contribution in [-0.2, 0) is 13.0 Å². The monoisotopic (exact) mass is 263 g/mol. The summed E-state index contributed by atoms with van der Waals surface area (Å²) in [5.41, 5.74) is 3.43. The third-order valence-corrected chi connectivity index (χ3v) is 3.68. The largest absolute Gasteiger partial charge is 0.486 e. The van der Waals surface area contributed by atoms with Crippen molar-refractivity contribution >= 4 is 11.3 Å². The molecule has 0 amide bonds. The molecule has 0 atom stereocenters. The molecule has 0 fully saturated rings. The molecule has 4 heteroatoms. The van der Waals surface area contributed by atoms with E-state index in [1.807, 2.05) is 17.5 Å². The molecule has 3 nitrogen and oxygen atoms in total. The lowest BCUT2D eigenvalue weighted by molar-refractivity contribution is 0.295. The summed E-state index contributed by atoms with van der Waals surface area (Å²) < 4.78 is 5.70. The van der Waals surface area contributed by atoms with Gasteiger partial charge in [-0.25, -0.2) is 4.98 Å². The van der Waals surface area contributed by atoms with Gasteiger partial charge in [-0.15, -0.1) is 11.3 Å². The third kappa shape index (κ3) is 3.31. The maximum atomic E-state index is 8.83. The van der Waals surface area contributed by atoms with Gasteiger partial charge < -0.3 is 9.84 Å². The van der Waals surface area contributed by atoms with E-state index in [4.69, 9.17) is 9.84 Å². The molecule has 1 aromatic carbocycles. The van der Waals surface area contributed by atoms with E-state index in [9.17, 15) is 0 Å². The normalized spacial score (nSPS) is 10.6. The number of aryl methyl sites for hydroxylation is 2. The molecule has 2 aromatic rings. The van der Waals surface area contributed by atoms with E-state index in [2.05, 4.69) is 24.9 Å². The van der Waals surface area contributed by atoms with Gasteiger partial charge in [-0.1, -0.05) is 6.07 Å². The van der Waals surface area contributed by atoms with Crippen LogP contribution in [0.4, 0.5) is 0 Å². The van der Waals surface area contributed by atoms with Crippen molar-refractivity contribution in [2.24, 2.45) is 0 Å². The second-order valence-corrected chi connectivity index (χ2v) is 5.18. The number of rotatable bonds is 5. The van der Waals surface area contributed by atoms with Crippen LogP contribution in [-0.4, -0.2) is 16.7 Å². The average molecular weight is 263 g/mol. The lowest BCUT2D eigenvalue weighted by Gasteiger charge is -2.06. The van der Waals surface area contributed by atoms with Crippen molar-refractivity contribution in [3.8, 4) is 5.75 Å². The van der Waals surface area contributed by atoms with Gasteiger partial charge in [-0.2, -0.15) is 0 Å². The van der Waals surface area contributed by atoms with Crippen LogP contribution < -0.4 is 4.74 Å². The summed E-state index contributed by atoms with van der Waals surface area (Å²) in [6.07, 6.45) is 0.611. The summed E-state index contributed by atoms with van der Waals surface area (Å²) in [5, 5.41) is 11.7. The van der Waals surface area contributed by atoms with Crippen molar-refractivity contribution in [2.45, 2.75) is 26.9 Å². The molecule has 0 unspecified atom stereocenters. The Morgan fingerprint density at radius 1 is 1.28 bits per heavy atom. The van der Waals surface area contributed by atoms with Crippen molar-refractivity contribution in [1.29, 1.82) is 0 Å². The standard InChI is InChI=1S/C14H17NO2S/c1-10-3-4-13(7-11(10)2)17-8-14-15-12(5-6-16)9-18-14/h3-4,7,9,16H,5-6,8H2,1-2H3. The second-order valence-electron chi connectivity index (χ2n) is 4.24. The van der Waals surface area contributed by atoms with Crippen LogP contribution in [0.2, 0.25) is 0 Å². The Hall–Kier alpha value is -1.39. The molecule has 0 saturated carbocycles. The number of ether oxygens (including phenoxy) is 1. The van der Waals surface area contributed by atoms with E-state index in [0.717, 1.165) is 16.5 Å². The Labute approximate surface area is 111 Å². The molecule has 0 aliphatic rings. The first-order valence-electron chi connectivity index (χ1n) is 5.93. The van der Waals surface area contributed by atoms with E-state index in [0.29, 0.717) is 13.0 Å². The van der Waals surface area contributed by atoms with Crippen LogP contribution in [0.15, 0.2) is 23.6 Å². The summed E-state index contributed by atoms with van der Waals surface area (Å²) in [7, 11) is 0. The first-order chi connectivity index (χ1) is 8.69. The first-order valence-corrected chi connectivity index (χ1v) is 6.81. The minimum absolute atomic E-state index is 0.140. The zero-order valence-electron chi connectivity index (χ0n) is 10.6. The van der Waals surface area contributed by atoms with Gasteiger partial charge in [0.05, 0.1) is 5.69 Å². The highest BCUT2D eigenvalue weighted by atomic mass is 32.1. The molecule has 0 aliphatic carbocycles. The molecule has 0 saturated heterocycles. The van der Waals surface area contributed by atoms with Crippen LogP contribution in [0, 0.1) is 13.8 Å². The minimum atomic E-state index is 0.140. The predicted molar refractivity (Wildman–Crippen MR) is 73.2 cm³/mol. The number of benzene rings is 1. The third-order valence-electron chi connectivity index (χ3n) is 2.81. The van der Waals surface area contributed by atoms with Crippen molar-refractivity contribution in [1.82, 2.24) is 4.98 Å². The van der Waals surface area contributed by atoms with Crippen LogP contribution >= 0.6 is 11.3 Å². The molecule has 96 valence electrons. The summed E-state index contributed by atoms with van der Waals surface area (Å²) >= 11 is 1.57. The van der Waals surface area contributed by atoms with Crippen molar-refractivity contribution in [3.63, 3.8) is 0 Å². The highest BCUT2D eigenvalue weighted by Gasteiger charge is 2.03. The predicted octanol–water partition coefficient (Wildman–Crippen LogP) is 2.87. The number of aromatic nitrogens is 1. The van der Waals surface area contributed by atoms with Crippen molar-refractivity contribution < 1.29 is 9.84 Å². The van der Waals surface area contributed by atoms with Gasteiger partial charge in [0.25, 0.3) is 0 Å². The number of hydrogen-bond acceptors (Lipinski definition) is 4. The lowest BCUT2D eigenvalue weighted by atomic mass is 10.1. The minimum Gasteiger partial charge on any atom is -0.486 e. The Kier molecular flexibility index (Phi) is 4.33. The molecule has 0 spiro atoms. The highest BCUT2D eigenvalue weighted by Crippen LogP contribution is 2.19. The Bertz CT molecular complexity index is 522. The molecule has 0 bridgehead atoms. The Morgan fingerprint density at radius 2 is 2.11 bits per heavy atom. The van der Waals surface area contributed by atoms with Crippen molar-refractivity contribution in [2.75, 3.05) is 6.61 Å². The van der Waals surface area contributed by atoms with Crippen molar-refractivity contribution in [3.05, 3.63) is 45.4 Å². The van der Waals surface area contributed by atoms with Gasteiger partial charge in [-0.05, 0) is 37.1 Å². The van der Waals surface area contributed by atoms with Gasteiger partial charge in [0.2, 0.25) is 0 Å². The van der Waals surface area contributed by atoms with Crippen LogP contribution in [0.25, 0.3) is 0 Å². The van der Waals surface area contributed by atoms with Crippen LogP contribution in [0.3, 0.4) is 0 Å². The quantitative estimate of drug-likeness (QED) is 0.902. The summed E-state index contributed by atoms with van der Waals surface area (Å²) in [6.45, 7) is 4.78. The number of hydrogen-bond donors (Lipinski definition) is 1. The fraction of sp³-hybridized carbons (Fsp3) is 0.357. The van der Waals surface area contributed by atoms with Gasteiger partial charge in [-0.3, -0.25) is 0 Å². The molecule has 0 aliphatic heterocycles. The average Bonchev–Trinajstić information content (AvgIpc) is 2.79. The molecule has 1 aromatic heterocycles. The van der Waals surface area contributed by atoms with E-state index >= 15 is 0 Å². The number of thiazole rings is 1. The summed E-state index contributed by atoms with van der Waals surface area (Å²) in [4.78, 5) is 4.39. The fourth-order valence-corrected chi connectivity index (χ4v) is 2.33. The van der Waals surface area contributed by atoms with Gasteiger partial charge in [0, 0.05) is 18.4 Å². The lowest BCUT2D eigenvalue weighted by Crippen LogP contribution is -1.97. The first kappa shape index (κ1) is 13.1. The second kappa shape index (κ2) is 5.98. The molecule has 1 heterocycles. The number of aliphatic hydroxyl groups excluding tert-OH is 1. The maximum absolute atomic E-state index is 8.83. The Morgan fingerprint density at radius 3 is 2.83 bits per heavy atom. The molecular weight excluding hydrogens is 246 g/mol. The SMILES string of the molecule is Cc1ccc(OCc2nc(CCO)cs2)cc1C. The van der Waals surface area contributed by atoms with Gasteiger partial charge in [0.15, 0.2) is 0 Å². The van der Waals surface area contributed by atoms with E-state index < -0.39 is 0 Å². The molecular formula is C14H17NO2S. The van der Waals surface area contributed by atoms with E-state index in [-0.39, 0.29) is 6.61 Å². The zero-order chi connectivity index (χ0) is 13.0. The molecule has 2 rings (SSSR count). The Balaban J connectivity index is 1.95. The van der Waals surface area contributed by atoms with Crippen LogP contribution in [0.5, 0.6) is 5.75 Å². The number of nitrogens with zero attached hydrogens (tertiary/aromatic N) is 1. The topological polar surface area (TPSA) is 42.4 Å². The maximum Gasteiger partial charge on any atom is 0.140 e. The summed E-state index contributed by atoms with van der Waals surface area (Å²) in [6, 6.07) is 6.08. The van der Waals surface area contributed by atoms with Gasteiger partial charge in [0.1, 0.15) is 17.4 Å². The molecule has 18 heavy (non-hydrogen) atoms. The van der Waals surface area contributed by atoms with E-state index in [1.165, 1.54) is 11.1 Å². The number of aliphatic hydroxyl groups is 1. The highest BCUT2D eigenvalue weighted by molar-refractivity contribution is 7.09. The van der Waals surface area contributed by atoms with Crippen LogP contribution in [0.1, 0.15) is 21.8 Å². The molecule has 0 radical (unpaired) electrons. The zero-order valence-corrected chi connectivity index (χ0v) is 11.5.